The summed E-state index contributed by atoms with van der Waals surface area (Å²) in [5, 5.41) is 3.19. The van der Waals surface area contributed by atoms with Crippen LogP contribution in [0.2, 0.25) is 0 Å². The van der Waals surface area contributed by atoms with Gasteiger partial charge in [0.1, 0.15) is 11.8 Å². The normalized spacial score (nSPS) is 13.5. The van der Waals surface area contributed by atoms with E-state index >= 15 is 0 Å². The Morgan fingerprint density at radius 3 is 2.59 bits per heavy atom. The molecule has 0 saturated carbocycles. The Bertz CT molecular complexity index is 376. The first-order valence-corrected chi connectivity index (χ1v) is 5.70. The minimum Gasteiger partial charge on any atom is -0.468 e. The monoisotopic (exact) mass is 239 g/mol. The summed E-state index contributed by atoms with van der Waals surface area (Å²) < 4.78 is 10.1. The highest BCUT2D eigenvalue weighted by Gasteiger charge is 2.31. The van der Waals surface area contributed by atoms with Crippen LogP contribution in [0, 0.1) is 12.3 Å². The Morgan fingerprint density at radius 2 is 2.18 bits per heavy atom. The summed E-state index contributed by atoms with van der Waals surface area (Å²) in [5.41, 5.74) is 0.878. The SMILES string of the molecule is COC(=O)[C@@H](NCc1occc1C)C(C)(C)C. The van der Waals surface area contributed by atoms with Gasteiger partial charge in [0.2, 0.25) is 0 Å². The Hall–Kier alpha value is -1.29. The highest BCUT2D eigenvalue weighted by Crippen LogP contribution is 2.21. The van der Waals surface area contributed by atoms with Crippen molar-refractivity contribution in [3.05, 3.63) is 23.7 Å². The van der Waals surface area contributed by atoms with Gasteiger partial charge >= 0.3 is 5.97 Å². The van der Waals surface area contributed by atoms with Gasteiger partial charge in [0.15, 0.2) is 0 Å². The quantitative estimate of drug-likeness (QED) is 0.819. The molecule has 4 heteroatoms. The van der Waals surface area contributed by atoms with Crippen LogP contribution in [0.15, 0.2) is 16.7 Å². The van der Waals surface area contributed by atoms with Crippen molar-refractivity contribution in [3.63, 3.8) is 0 Å². The summed E-state index contributed by atoms with van der Waals surface area (Å²) in [7, 11) is 1.40. The van der Waals surface area contributed by atoms with E-state index in [1.54, 1.807) is 6.26 Å². The average molecular weight is 239 g/mol. The van der Waals surface area contributed by atoms with Crippen LogP contribution in [0.5, 0.6) is 0 Å². The fourth-order valence-corrected chi connectivity index (χ4v) is 1.64. The van der Waals surface area contributed by atoms with Crippen molar-refractivity contribution in [2.24, 2.45) is 5.41 Å². The first-order chi connectivity index (χ1) is 7.86. The molecule has 0 bridgehead atoms. The second kappa shape index (κ2) is 5.36. The lowest BCUT2D eigenvalue weighted by Crippen LogP contribution is -2.46. The van der Waals surface area contributed by atoms with Crippen LogP contribution < -0.4 is 5.32 Å². The molecule has 1 heterocycles. The Morgan fingerprint density at radius 1 is 1.53 bits per heavy atom. The standard InChI is InChI=1S/C13H21NO3/c1-9-6-7-17-10(9)8-14-11(12(15)16-5)13(2,3)4/h6-7,11,14H,8H2,1-5H3/t11-/m1/s1. The van der Waals surface area contributed by atoms with Crippen molar-refractivity contribution in [2.45, 2.75) is 40.3 Å². The van der Waals surface area contributed by atoms with Gasteiger partial charge < -0.3 is 9.15 Å². The van der Waals surface area contributed by atoms with Crippen LogP contribution in [-0.2, 0) is 16.1 Å². The number of carbonyl (C=O) groups excluding carboxylic acids is 1. The van der Waals surface area contributed by atoms with Crippen molar-refractivity contribution < 1.29 is 13.9 Å². The van der Waals surface area contributed by atoms with Crippen LogP contribution >= 0.6 is 0 Å². The molecule has 1 aromatic rings. The summed E-state index contributed by atoms with van der Waals surface area (Å²) in [5.74, 6) is 0.602. The van der Waals surface area contributed by atoms with Crippen LogP contribution in [-0.4, -0.2) is 19.1 Å². The number of hydrogen-bond acceptors (Lipinski definition) is 4. The van der Waals surface area contributed by atoms with Gasteiger partial charge in [-0.15, -0.1) is 0 Å². The van der Waals surface area contributed by atoms with Crippen molar-refractivity contribution in [1.82, 2.24) is 5.32 Å². The topological polar surface area (TPSA) is 51.5 Å². The number of aryl methyl sites for hydroxylation is 1. The number of rotatable bonds is 4. The first kappa shape index (κ1) is 13.8. The Balaban J connectivity index is 2.69. The highest BCUT2D eigenvalue weighted by atomic mass is 16.5. The summed E-state index contributed by atoms with van der Waals surface area (Å²) in [6, 6.07) is 1.55. The first-order valence-electron chi connectivity index (χ1n) is 5.70. The maximum absolute atomic E-state index is 11.7. The van der Waals surface area contributed by atoms with Crippen molar-refractivity contribution in [2.75, 3.05) is 7.11 Å². The molecule has 0 saturated heterocycles. The van der Waals surface area contributed by atoms with E-state index in [4.69, 9.17) is 9.15 Å². The van der Waals surface area contributed by atoms with Crippen LogP contribution in [0.25, 0.3) is 0 Å². The molecule has 0 aromatic carbocycles. The van der Waals surface area contributed by atoms with Crippen LogP contribution in [0.1, 0.15) is 32.1 Å². The summed E-state index contributed by atoms with van der Waals surface area (Å²) >= 11 is 0. The van der Waals surface area contributed by atoms with Crippen LogP contribution in [0.4, 0.5) is 0 Å². The molecule has 0 aliphatic carbocycles. The Kier molecular flexibility index (Phi) is 4.34. The van der Waals surface area contributed by atoms with Crippen LogP contribution in [0.3, 0.4) is 0 Å². The largest absolute Gasteiger partial charge is 0.468 e. The van der Waals surface area contributed by atoms with E-state index in [1.165, 1.54) is 7.11 Å². The zero-order valence-corrected chi connectivity index (χ0v) is 11.2. The average Bonchev–Trinajstić information content (AvgIpc) is 2.62. The highest BCUT2D eigenvalue weighted by molar-refractivity contribution is 5.76. The molecule has 0 spiro atoms. The third-order valence-corrected chi connectivity index (χ3v) is 2.74. The van der Waals surface area contributed by atoms with Gasteiger partial charge in [0.05, 0.1) is 19.9 Å². The van der Waals surface area contributed by atoms with Gasteiger partial charge in [0.25, 0.3) is 0 Å². The second-order valence-electron chi connectivity index (χ2n) is 5.23. The van der Waals surface area contributed by atoms with Crippen molar-refractivity contribution in [1.29, 1.82) is 0 Å². The molecule has 1 rings (SSSR count). The van der Waals surface area contributed by atoms with E-state index in [0.29, 0.717) is 6.54 Å². The molecule has 0 unspecified atom stereocenters. The predicted octanol–water partition coefficient (Wildman–Crippen LogP) is 2.27. The third-order valence-electron chi connectivity index (χ3n) is 2.74. The second-order valence-corrected chi connectivity index (χ2v) is 5.23. The number of hydrogen-bond donors (Lipinski definition) is 1. The third kappa shape index (κ3) is 3.60. The van der Waals surface area contributed by atoms with E-state index in [2.05, 4.69) is 5.32 Å². The summed E-state index contributed by atoms with van der Waals surface area (Å²) in [6.45, 7) is 8.49. The number of methoxy groups -OCH3 is 1. The van der Waals surface area contributed by atoms with E-state index in [-0.39, 0.29) is 17.4 Å². The lowest BCUT2D eigenvalue weighted by molar-refractivity contribution is -0.146. The fraction of sp³-hybridized carbons (Fsp3) is 0.615. The van der Waals surface area contributed by atoms with E-state index in [0.717, 1.165) is 11.3 Å². The van der Waals surface area contributed by atoms with Gasteiger partial charge in [-0.05, 0) is 24.0 Å². The molecule has 1 aromatic heterocycles. The molecule has 0 aliphatic heterocycles. The minimum atomic E-state index is -0.350. The molecule has 17 heavy (non-hydrogen) atoms. The molecule has 4 nitrogen and oxygen atoms in total. The van der Waals surface area contributed by atoms with Gasteiger partial charge in [-0.25, -0.2) is 0 Å². The molecule has 96 valence electrons. The molecule has 0 radical (unpaired) electrons. The number of esters is 1. The summed E-state index contributed by atoms with van der Waals surface area (Å²) in [6.07, 6.45) is 1.65. The summed E-state index contributed by atoms with van der Waals surface area (Å²) in [4.78, 5) is 11.7. The molecule has 0 amide bonds. The van der Waals surface area contributed by atoms with Crippen molar-refractivity contribution >= 4 is 5.97 Å². The molecule has 0 aliphatic rings. The molecular formula is C13H21NO3. The van der Waals surface area contributed by atoms with Gasteiger partial charge in [-0.3, -0.25) is 10.1 Å². The lowest BCUT2D eigenvalue weighted by Gasteiger charge is -2.28. The van der Waals surface area contributed by atoms with Gasteiger partial charge in [-0.2, -0.15) is 0 Å². The number of ether oxygens (including phenoxy) is 1. The molecular weight excluding hydrogens is 218 g/mol. The number of nitrogens with one attached hydrogen (secondary N) is 1. The predicted molar refractivity (Wildman–Crippen MR) is 65.5 cm³/mol. The van der Waals surface area contributed by atoms with Gasteiger partial charge in [0, 0.05) is 0 Å². The zero-order valence-electron chi connectivity index (χ0n) is 11.2. The fourth-order valence-electron chi connectivity index (χ4n) is 1.64. The van der Waals surface area contributed by atoms with E-state index in [1.807, 2.05) is 33.8 Å². The zero-order chi connectivity index (χ0) is 13.1. The minimum absolute atomic E-state index is 0.201. The van der Waals surface area contributed by atoms with E-state index < -0.39 is 0 Å². The van der Waals surface area contributed by atoms with Gasteiger partial charge in [-0.1, -0.05) is 20.8 Å². The number of furan rings is 1. The maximum Gasteiger partial charge on any atom is 0.323 e. The Labute approximate surface area is 102 Å². The molecule has 0 fully saturated rings. The smallest absolute Gasteiger partial charge is 0.323 e. The lowest BCUT2D eigenvalue weighted by atomic mass is 9.86. The molecule has 1 N–H and O–H groups in total. The van der Waals surface area contributed by atoms with Crippen molar-refractivity contribution in [3.8, 4) is 0 Å². The maximum atomic E-state index is 11.7. The number of carbonyl (C=O) groups is 1. The van der Waals surface area contributed by atoms with E-state index in [9.17, 15) is 4.79 Å². The molecule has 1 atom stereocenters.